The summed E-state index contributed by atoms with van der Waals surface area (Å²) in [5, 5.41) is 0. The molecule has 2 N–H and O–H groups in total. The Morgan fingerprint density at radius 3 is 2.90 bits per heavy atom. The molecule has 2 aromatic rings. The topological polar surface area (TPSA) is 59.2 Å². The van der Waals surface area contributed by atoms with Crippen molar-refractivity contribution in [3.05, 3.63) is 23.2 Å². The van der Waals surface area contributed by atoms with Crippen LogP contribution >= 0.6 is 11.3 Å². The first-order valence-corrected chi connectivity index (χ1v) is 8.44. The lowest BCUT2D eigenvalue weighted by molar-refractivity contribution is 0.0692. The van der Waals surface area contributed by atoms with Gasteiger partial charge >= 0.3 is 0 Å². The number of aromatic nitrogens is 1. The van der Waals surface area contributed by atoms with Crippen molar-refractivity contribution >= 4 is 33.1 Å². The van der Waals surface area contributed by atoms with Crippen LogP contribution in [0, 0.1) is 5.92 Å². The van der Waals surface area contributed by atoms with Crippen molar-refractivity contribution in [2.45, 2.75) is 32.6 Å². The number of piperidine rings is 1. The zero-order chi connectivity index (χ0) is 14.8. The molecule has 2 aromatic heterocycles. The average molecular weight is 303 g/mol. The Bertz CT molecular complexity index is 644. The summed E-state index contributed by atoms with van der Waals surface area (Å²) in [7, 11) is 0. The van der Waals surface area contributed by atoms with Crippen LogP contribution in [0.3, 0.4) is 0 Å². The minimum atomic E-state index is 0.0745. The Morgan fingerprint density at radius 1 is 1.48 bits per heavy atom. The van der Waals surface area contributed by atoms with E-state index in [1.54, 1.807) is 6.20 Å². The molecule has 0 unspecified atom stereocenters. The molecule has 4 nitrogen and oxygen atoms in total. The molecule has 1 saturated heterocycles. The van der Waals surface area contributed by atoms with E-state index in [9.17, 15) is 4.79 Å². The van der Waals surface area contributed by atoms with Crippen molar-refractivity contribution in [1.82, 2.24) is 9.88 Å². The van der Waals surface area contributed by atoms with Gasteiger partial charge in [-0.05, 0) is 30.9 Å². The Labute approximate surface area is 129 Å². The van der Waals surface area contributed by atoms with E-state index in [0.29, 0.717) is 10.6 Å². The summed E-state index contributed by atoms with van der Waals surface area (Å²) in [6, 6.07) is 3.84. The Kier molecular flexibility index (Phi) is 4.10. The Hall–Kier alpha value is -1.62. The molecule has 1 amide bonds. The number of anilines is 1. The molecule has 0 atom stereocenters. The fraction of sp³-hybridized carbons (Fsp3) is 0.500. The molecular weight excluding hydrogens is 282 g/mol. The van der Waals surface area contributed by atoms with Gasteiger partial charge in [-0.15, -0.1) is 11.3 Å². The molecule has 0 aliphatic carbocycles. The summed E-state index contributed by atoms with van der Waals surface area (Å²) in [5.41, 5.74) is 7.42. The van der Waals surface area contributed by atoms with E-state index in [0.717, 1.165) is 42.1 Å². The van der Waals surface area contributed by atoms with Gasteiger partial charge in [0.1, 0.15) is 10.4 Å². The zero-order valence-corrected chi connectivity index (χ0v) is 13.2. The highest BCUT2D eigenvalue weighted by atomic mass is 32.1. The van der Waals surface area contributed by atoms with E-state index in [-0.39, 0.29) is 5.91 Å². The van der Waals surface area contributed by atoms with Gasteiger partial charge in [0.15, 0.2) is 0 Å². The van der Waals surface area contributed by atoms with E-state index in [4.69, 9.17) is 5.73 Å². The second-order valence-electron chi connectivity index (χ2n) is 5.72. The number of carbonyl (C=O) groups excluding carboxylic acids is 1. The van der Waals surface area contributed by atoms with Crippen LogP contribution < -0.4 is 5.73 Å². The normalized spacial score (nSPS) is 16.5. The third-order valence-electron chi connectivity index (χ3n) is 4.28. The first kappa shape index (κ1) is 14.3. The predicted molar refractivity (Wildman–Crippen MR) is 87.6 cm³/mol. The lowest BCUT2D eigenvalue weighted by Crippen LogP contribution is -2.38. The smallest absolute Gasteiger partial charge is 0.266 e. The van der Waals surface area contributed by atoms with Gasteiger partial charge in [-0.25, -0.2) is 0 Å². The largest absolute Gasteiger partial charge is 0.396 e. The standard InChI is InChI=1S/C16H21N3OS/c1-2-4-11-6-9-19(10-7-11)16(20)15-13(17)14-12(21-15)5-3-8-18-14/h3,5,8,11H,2,4,6-7,9-10,17H2,1H3. The van der Waals surface area contributed by atoms with Crippen molar-refractivity contribution in [2.24, 2.45) is 5.92 Å². The van der Waals surface area contributed by atoms with Crippen molar-refractivity contribution in [1.29, 1.82) is 0 Å². The Morgan fingerprint density at radius 2 is 2.24 bits per heavy atom. The van der Waals surface area contributed by atoms with Crippen LogP contribution in [0.25, 0.3) is 10.2 Å². The second-order valence-corrected chi connectivity index (χ2v) is 6.77. The van der Waals surface area contributed by atoms with Gasteiger partial charge in [-0.1, -0.05) is 19.8 Å². The van der Waals surface area contributed by atoms with Crippen LogP contribution in [-0.2, 0) is 0 Å². The van der Waals surface area contributed by atoms with E-state index in [1.807, 2.05) is 17.0 Å². The van der Waals surface area contributed by atoms with Crippen LogP contribution in [0.1, 0.15) is 42.3 Å². The molecule has 3 rings (SSSR count). The summed E-state index contributed by atoms with van der Waals surface area (Å²) in [5.74, 6) is 0.853. The van der Waals surface area contributed by atoms with Crippen LogP contribution in [-0.4, -0.2) is 28.9 Å². The summed E-state index contributed by atoms with van der Waals surface area (Å²) in [4.78, 5) is 19.6. The highest BCUT2D eigenvalue weighted by molar-refractivity contribution is 7.21. The fourth-order valence-electron chi connectivity index (χ4n) is 3.08. The summed E-state index contributed by atoms with van der Waals surface area (Å²) in [6.45, 7) is 3.93. The number of likely N-dealkylation sites (tertiary alicyclic amines) is 1. The number of hydrogen-bond acceptors (Lipinski definition) is 4. The highest BCUT2D eigenvalue weighted by Crippen LogP contribution is 2.33. The first-order chi connectivity index (χ1) is 10.2. The number of hydrogen-bond donors (Lipinski definition) is 1. The molecule has 0 saturated carbocycles. The van der Waals surface area contributed by atoms with E-state index < -0.39 is 0 Å². The molecule has 0 spiro atoms. The van der Waals surface area contributed by atoms with Gasteiger partial charge in [0.2, 0.25) is 0 Å². The molecule has 1 aliphatic heterocycles. The number of amides is 1. The molecular formula is C16H21N3OS. The lowest BCUT2D eigenvalue weighted by atomic mass is 9.92. The van der Waals surface area contributed by atoms with Crippen LogP contribution in [0.4, 0.5) is 5.69 Å². The zero-order valence-electron chi connectivity index (χ0n) is 12.3. The van der Waals surface area contributed by atoms with Gasteiger partial charge in [-0.3, -0.25) is 9.78 Å². The van der Waals surface area contributed by atoms with E-state index in [2.05, 4.69) is 11.9 Å². The van der Waals surface area contributed by atoms with Crippen molar-refractivity contribution in [3.8, 4) is 0 Å². The molecule has 1 fully saturated rings. The van der Waals surface area contributed by atoms with Crippen LogP contribution in [0.2, 0.25) is 0 Å². The molecule has 21 heavy (non-hydrogen) atoms. The average Bonchev–Trinajstić information content (AvgIpc) is 2.85. The molecule has 0 radical (unpaired) electrons. The number of pyridine rings is 1. The number of carbonyl (C=O) groups is 1. The van der Waals surface area contributed by atoms with Crippen molar-refractivity contribution in [2.75, 3.05) is 18.8 Å². The fourth-order valence-corrected chi connectivity index (χ4v) is 4.13. The van der Waals surface area contributed by atoms with Crippen LogP contribution in [0.5, 0.6) is 0 Å². The maximum Gasteiger partial charge on any atom is 0.266 e. The van der Waals surface area contributed by atoms with E-state index in [1.165, 1.54) is 24.2 Å². The number of fused-ring (bicyclic) bond motifs is 1. The van der Waals surface area contributed by atoms with Gasteiger partial charge in [-0.2, -0.15) is 0 Å². The number of nitrogen functional groups attached to an aromatic ring is 1. The van der Waals surface area contributed by atoms with Crippen molar-refractivity contribution < 1.29 is 4.79 Å². The van der Waals surface area contributed by atoms with Gasteiger partial charge in [0, 0.05) is 19.3 Å². The second kappa shape index (κ2) is 6.02. The molecule has 112 valence electrons. The maximum absolute atomic E-state index is 12.7. The molecule has 5 heteroatoms. The molecule has 3 heterocycles. The minimum Gasteiger partial charge on any atom is -0.396 e. The first-order valence-electron chi connectivity index (χ1n) is 7.63. The van der Waals surface area contributed by atoms with Gasteiger partial charge in [0.05, 0.1) is 10.4 Å². The summed E-state index contributed by atoms with van der Waals surface area (Å²) in [6.07, 6.45) is 6.45. The Balaban J connectivity index is 1.77. The monoisotopic (exact) mass is 303 g/mol. The van der Waals surface area contributed by atoms with E-state index >= 15 is 0 Å². The van der Waals surface area contributed by atoms with Crippen molar-refractivity contribution in [3.63, 3.8) is 0 Å². The molecule has 0 aromatic carbocycles. The SMILES string of the molecule is CCCC1CCN(C(=O)c2sc3cccnc3c2N)CC1. The van der Waals surface area contributed by atoms with Crippen LogP contribution in [0.15, 0.2) is 18.3 Å². The molecule has 1 aliphatic rings. The predicted octanol–water partition coefficient (Wildman–Crippen LogP) is 3.53. The third-order valence-corrected chi connectivity index (χ3v) is 5.42. The lowest BCUT2D eigenvalue weighted by Gasteiger charge is -2.31. The quantitative estimate of drug-likeness (QED) is 0.943. The minimum absolute atomic E-state index is 0.0745. The summed E-state index contributed by atoms with van der Waals surface area (Å²) < 4.78 is 0.985. The summed E-state index contributed by atoms with van der Waals surface area (Å²) >= 11 is 1.46. The highest BCUT2D eigenvalue weighted by Gasteiger charge is 2.26. The number of nitrogens with zero attached hydrogens (tertiary/aromatic N) is 2. The third kappa shape index (κ3) is 2.75. The maximum atomic E-state index is 12.7. The van der Waals surface area contributed by atoms with Gasteiger partial charge < -0.3 is 10.6 Å². The number of nitrogens with two attached hydrogens (primary N) is 1. The van der Waals surface area contributed by atoms with Gasteiger partial charge in [0.25, 0.3) is 5.91 Å². The number of rotatable bonds is 3. The molecule has 0 bridgehead atoms. The number of thiophene rings is 1.